The summed E-state index contributed by atoms with van der Waals surface area (Å²) in [5.41, 5.74) is 4.06. The van der Waals surface area contributed by atoms with Crippen molar-refractivity contribution in [2.45, 2.75) is 32.4 Å². The van der Waals surface area contributed by atoms with Crippen LogP contribution >= 0.6 is 11.6 Å². The molecule has 3 heterocycles. The standard InChI is InChI=1S/C29H27ClN6O3/c1-16(2)35-22(21-15-32-29(34(3)4)33-27(21)39-5)13-20-26(35)25(18-8-6-17(14-31)7-9-18)36(28(20)38)23-12-19(30)10-11-24(23)37/h6-10,12-13,15-16,25H,11H2,1-5H3/t25-/m1/s1. The number of benzene rings is 1. The molecule has 1 aliphatic heterocycles. The van der Waals surface area contributed by atoms with Crippen molar-refractivity contribution in [1.29, 1.82) is 5.26 Å². The number of Topliss-reactive ketones (excluding diaryl/α,β-unsaturated/α-hetero) is 1. The predicted octanol–water partition coefficient (Wildman–Crippen LogP) is 5.00. The van der Waals surface area contributed by atoms with Crippen molar-refractivity contribution >= 4 is 29.2 Å². The van der Waals surface area contributed by atoms with Crippen molar-refractivity contribution in [1.82, 2.24) is 19.4 Å². The van der Waals surface area contributed by atoms with E-state index in [1.165, 1.54) is 4.90 Å². The van der Waals surface area contributed by atoms with E-state index in [0.717, 1.165) is 17.0 Å². The molecule has 10 heteroatoms. The summed E-state index contributed by atoms with van der Waals surface area (Å²) in [5.74, 6) is 0.377. The summed E-state index contributed by atoms with van der Waals surface area (Å²) < 4.78 is 7.71. The Kier molecular flexibility index (Phi) is 6.74. The Morgan fingerprint density at radius 1 is 1.18 bits per heavy atom. The first-order chi connectivity index (χ1) is 18.7. The van der Waals surface area contributed by atoms with Gasteiger partial charge in [-0.05, 0) is 43.7 Å². The first-order valence-corrected chi connectivity index (χ1v) is 12.8. The minimum absolute atomic E-state index is 0.0740. The fourth-order valence-corrected chi connectivity index (χ4v) is 5.27. The van der Waals surface area contributed by atoms with Crippen LogP contribution in [0.5, 0.6) is 5.88 Å². The summed E-state index contributed by atoms with van der Waals surface area (Å²) in [6.45, 7) is 4.05. The fourth-order valence-electron chi connectivity index (χ4n) is 5.09. The number of hydrogen-bond acceptors (Lipinski definition) is 7. The van der Waals surface area contributed by atoms with Gasteiger partial charge in [-0.25, -0.2) is 4.98 Å². The average Bonchev–Trinajstić information content (AvgIpc) is 3.44. The van der Waals surface area contributed by atoms with Crippen molar-refractivity contribution in [2.24, 2.45) is 0 Å². The van der Waals surface area contributed by atoms with Gasteiger partial charge in [-0.3, -0.25) is 14.5 Å². The van der Waals surface area contributed by atoms with Gasteiger partial charge in [0.2, 0.25) is 11.8 Å². The van der Waals surface area contributed by atoms with Crippen LogP contribution in [0.3, 0.4) is 0 Å². The molecule has 0 spiro atoms. The van der Waals surface area contributed by atoms with Gasteiger partial charge < -0.3 is 14.2 Å². The molecule has 0 unspecified atom stereocenters. The summed E-state index contributed by atoms with van der Waals surface area (Å²) >= 11 is 6.30. The number of amides is 1. The molecule has 2 aliphatic rings. The highest BCUT2D eigenvalue weighted by Gasteiger charge is 2.45. The van der Waals surface area contributed by atoms with Crippen LogP contribution in [-0.2, 0) is 4.79 Å². The number of ketones is 1. The number of carbonyl (C=O) groups is 2. The van der Waals surface area contributed by atoms with Crippen LogP contribution in [0.15, 0.2) is 59.4 Å². The van der Waals surface area contributed by atoms with Crippen LogP contribution in [0.25, 0.3) is 11.3 Å². The molecule has 1 aliphatic carbocycles. The summed E-state index contributed by atoms with van der Waals surface area (Å²) in [4.78, 5) is 39.5. The molecule has 0 fully saturated rings. The van der Waals surface area contributed by atoms with Crippen LogP contribution in [0.2, 0.25) is 0 Å². The number of nitrogens with zero attached hydrogens (tertiary/aromatic N) is 6. The zero-order valence-electron chi connectivity index (χ0n) is 22.3. The monoisotopic (exact) mass is 542 g/mol. The Morgan fingerprint density at radius 3 is 2.51 bits per heavy atom. The van der Waals surface area contributed by atoms with Crippen molar-refractivity contribution in [3.8, 4) is 23.2 Å². The van der Waals surface area contributed by atoms with Crippen LogP contribution in [0, 0.1) is 11.3 Å². The van der Waals surface area contributed by atoms with E-state index in [-0.39, 0.29) is 29.9 Å². The lowest BCUT2D eigenvalue weighted by Gasteiger charge is -2.31. The second-order valence-corrected chi connectivity index (χ2v) is 10.3. The molecule has 1 aromatic carbocycles. The van der Waals surface area contributed by atoms with Gasteiger partial charge in [-0.1, -0.05) is 29.8 Å². The Balaban J connectivity index is 1.76. The summed E-state index contributed by atoms with van der Waals surface area (Å²) in [7, 11) is 5.24. The Labute approximate surface area is 231 Å². The Bertz CT molecular complexity index is 1590. The van der Waals surface area contributed by atoms with Crippen molar-refractivity contribution in [3.05, 3.63) is 81.8 Å². The predicted molar refractivity (Wildman–Crippen MR) is 148 cm³/mol. The molecule has 5 rings (SSSR count). The third-order valence-electron chi connectivity index (χ3n) is 6.83. The second-order valence-electron chi connectivity index (χ2n) is 9.84. The normalized spacial score (nSPS) is 16.7. The number of ether oxygens (including phenoxy) is 1. The van der Waals surface area contributed by atoms with E-state index in [0.29, 0.717) is 33.6 Å². The molecule has 39 heavy (non-hydrogen) atoms. The highest BCUT2D eigenvalue weighted by molar-refractivity contribution is 6.32. The Hall–Kier alpha value is -4.42. The minimum atomic E-state index is -0.623. The second kappa shape index (κ2) is 10.0. The van der Waals surface area contributed by atoms with E-state index in [9.17, 15) is 14.9 Å². The molecular weight excluding hydrogens is 516 g/mol. The number of nitriles is 1. The molecule has 0 saturated carbocycles. The van der Waals surface area contributed by atoms with E-state index in [1.54, 1.807) is 42.5 Å². The minimum Gasteiger partial charge on any atom is -0.480 e. The number of carbonyl (C=O) groups excluding carboxylic acids is 2. The first-order valence-electron chi connectivity index (χ1n) is 12.4. The maximum atomic E-state index is 14.1. The van der Waals surface area contributed by atoms with E-state index in [4.69, 9.17) is 16.3 Å². The molecule has 1 atom stereocenters. The van der Waals surface area contributed by atoms with Crippen molar-refractivity contribution in [2.75, 3.05) is 26.1 Å². The van der Waals surface area contributed by atoms with Gasteiger partial charge in [0.05, 0.1) is 47.0 Å². The molecule has 1 amide bonds. The maximum Gasteiger partial charge on any atom is 0.261 e. The molecule has 198 valence electrons. The van der Waals surface area contributed by atoms with Gasteiger partial charge >= 0.3 is 0 Å². The number of methoxy groups -OCH3 is 1. The highest BCUT2D eigenvalue weighted by atomic mass is 35.5. The molecular formula is C29H27ClN6O3. The number of allylic oxidation sites excluding steroid dienone is 4. The smallest absolute Gasteiger partial charge is 0.261 e. The topological polar surface area (TPSA) is 104 Å². The Morgan fingerprint density at radius 2 is 1.90 bits per heavy atom. The molecule has 0 N–H and O–H groups in total. The maximum absolute atomic E-state index is 14.1. The molecule has 0 radical (unpaired) electrons. The zero-order valence-corrected chi connectivity index (χ0v) is 23.0. The summed E-state index contributed by atoms with van der Waals surface area (Å²) in [5, 5.41) is 9.75. The SMILES string of the molecule is COc1nc(N(C)C)ncc1-c1cc2c(n1C(C)C)[C@@H](c1ccc(C#N)cc1)N(C1=CC(Cl)=CCC1=O)C2=O. The van der Waals surface area contributed by atoms with E-state index in [1.807, 2.05) is 46.1 Å². The molecule has 0 saturated heterocycles. The number of aromatic nitrogens is 3. The van der Waals surface area contributed by atoms with Crippen LogP contribution < -0.4 is 9.64 Å². The largest absolute Gasteiger partial charge is 0.480 e. The van der Waals surface area contributed by atoms with Crippen LogP contribution in [0.1, 0.15) is 59.5 Å². The fraction of sp³-hybridized carbons (Fsp3) is 0.276. The molecule has 0 bridgehead atoms. The van der Waals surface area contributed by atoms with Gasteiger partial charge in [-0.15, -0.1) is 0 Å². The quantitative estimate of drug-likeness (QED) is 0.432. The van der Waals surface area contributed by atoms with Gasteiger partial charge in [0, 0.05) is 37.8 Å². The van der Waals surface area contributed by atoms with Gasteiger partial charge in [-0.2, -0.15) is 10.2 Å². The summed E-state index contributed by atoms with van der Waals surface area (Å²) in [6.07, 6.45) is 4.99. The van der Waals surface area contributed by atoms with Crippen molar-refractivity contribution < 1.29 is 14.3 Å². The molecule has 2 aromatic heterocycles. The summed E-state index contributed by atoms with van der Waals surface area (Å²) in [6, 6.07) is 10.3. The van der Waals surface area contributed by atoms with Gasteiger partial charge in [0.1, 0.15) is 6.04 Å². The van der Waals surface area contributed by atoms with Crippen molar-refractivity contribution in [3.63, 3.8) is 0 Å². The molecule has 9 nitrogen and oxygen atoms in total. The first kappa shape index (κ1) is 26.2. The highest BCUT2D eigenvalue weighted by Crippen LogP contribution is 2.47. The lowest BCUT2D eigenvalue weighted by Crippen LogP contribution is -2.33. The third-order valence-corrected chi connectivity index (χ3v) is 7.09. The number of hydrogen-bond donors (Lipinski definition) is 0. The lowest BCUT2D eigenvalue weighted by molar-refractivity contribution is -0.116. The van der Waals surface area contributed by atoms with Gasteiger partial charge in [0.15, 0.2) is 5.78 Å². The van der Waals surface area contributed by atoms with E-state index < -0.39 is 6.04 Å². The van der Waals surface area contributed by atoms with E-state index >= 15 is 0 Å². The van der Waals surface area contributed by atoms with Gasteiger partial charge in [0.25, 0.3) is 5.91 Å². The number of halogens is 1. The lowest BCUT2D eigenvalue weighted by atomic mass is 9.99. The average molecular weight is 543 g/mol. The van der Waals surface area contributed by atoms with Crippen LogP contribution in [-0.4, -0.2) is 52.3 Å². The molecule has 3 aromatic rings. The number of anilines is 1. The zero-order chi connectivity index (χ0) is 28.0. The van der Waals surface area contributed by atoms with Crippen LogP contribution in [0.4, 0.5) is 5.95 Å². The number of fused-ring (bicyclic) bond motifs is 1. The number of rotatable bonds is 6. The third kappa shape index (κ3) is 4.37. The van der Waals surface area contributed by atoms with E-state index in [2.05, 4.69) is 20.6 Å².